The number of halogens is 1. The molecule has 0 radical (unpaired) electrons. The molecule has 2 rings (SSSR count). The quantitative estimate of drug-likeness (QED) is 0.910. The van der Waals surface area contributed by atoms with Crippen molar-refractivity contribution in [3.05, 3.63) is 52.2 Å². The molecule has 1 aromatic heterocycles. The fourth-order valence-corrected chi connectivity index (χ4v) is 3.55. The summed E-state index contributed by atoms with van der Waals surface area (Å²) >= 11 is 7.96. The van der Waals surface area contributed by atoms with Crippen LogP contribution < -0.4 is 5.73 Å². The Balaban J connectivity index is 2.35. The monoisotopic (exact) mass is 306 g/mol. The van der Waals surface area contributed by atoms with Gasteiger partial charge in [0.2, 0.25) is 0 Å². The maximum atomic E-state index is 6.31. The molecular formula is C16H19ClN2S. The zero-order chi connectivity index (χ0) is 14.7. The minimum atomic E-state index is 0.0847. The summed E-state index contributed by atoms with van der Waals surface area (Å²) in [5.74, 6) is 0. The van der Waals surface area contributed by atoms with Gasteiger partial charge < -0.3 is 5.73 Å². The van der Waals surface area contributed by atoms with Crippen molar-refractivity contribution in [3.63, 3.8) is 0 Å². The number of rotatable bonds is 4. The van der Waals surface area contributed by atoms with Crippen LogP contribution in [-0.2, 0) is 6.42 Å². The van der Waals surface area contributed by atoms with Gasteiger partial charge in [-0.2, -0.15) is 0 Å². The molecule has 0 aliphatic heterocycles. The molecule has 4 heteroatoms. The van der Waals surface area contributed by atoms with Gasteiger partial charge in [0.05, 0.1) is 0 Å². The summed E-state index contributed by atoms with van der Waals surface area (Å²) in [6.45, 7) is 6.09. The molecular weight excluding hydrogens is 288 g/mol. The smallest absolute Gasteiger partial charge is 0.101 e. The average molecular weight is 307 g/mol. The summed E-state index contributed by atoms with van der Waals surface area (Å²) < 4.78 is 0. The van der Waals surface area contributed by atoms with Crippen LogP contribution in [0, 0.1) is 13.8 Å². The van der Waals surface area contributed by atoms with Gasteiger partial charge in [-0.05, 0) is 62.6 Å². The van der Waals surface area contributed by atoms with Crippen LogP contribution in [0.2, 0.25) is 5.02 Å². The highest BCUT2D eigenvalue weighted by Crippen LogP contribution is 2.34. The second-order valence-corrected chi connectivity index (χ2v) is 6.59. The van der Waals surface area contributed by atoms with Crippen molar-refractivity contribution in [3.8, 4) is 0 Å². The van der Waals surface area contributed by atoms with Crippen LogP contribution in [0.4, 0.5) is 0 Å². The molecule has 1 aromatic carbocycles. The van der Waals surface area contributed by atoms with E-state index in [1.54, 1.807) is 11.8 Å². The normalized spacial score (nSPS) is 12.4. The lowest BCUT2D eigenvalue weighted by atomic mass is 10.1. The topological polar surface area (TPSA) is 38.9 Å². The SMILES string of the molecule is Cc1cc(C)nc(Sc2cccc(Cl)c2CC(C)N)c1. The van der Waals surface area contributed by atoms with Crippen molar-refractivity contribution in [2.45, 2.75) is 43.2 Å². The molecule has 106 valence electrons. The molecule has 0 aliphatic carbocycles. The molecule has 0 fully saturated rings. The summed E-state index contributed by atoms with van der Waals surface area (Å²) in [6.07, 6.45) is 0.771. The van der Waals surface area contributed by atoms with Gasteiger partial charge in [0.15, 0.2) is 0 Å². The van der Waals surface area contributed by atoms with Gasteiger partial charge in [0.1, 0.15) is 5.03 Å². The molecule has 0 amide bonds. The fraction of sp³-hybridized carbons (Fsp3) is 0.312. The Morgan fingerprint density at radius 2 is 2.05 bits per heavy atom. The first kappa shape index (κ1) is 15.4. The van der Waals surface area contributed by atoms with Gasteiger partial charge in [-0.3, -0.25) is 0 Å². The lowest BCUT2D eigenvalue weighted by Crippen LogP contribution is -2.18. The molecule has 1 atom stereocenters. The highest BCUT2D eigenvalue weighted by Gasteiger charge is 2.11. The third-order valence-electron chi connectivity index (χ3n) is 2.89. The maximum Gasteiger partial charge on any atom is 0.101 e. The Labute approximate surface area is 129 Å². The number of pyridine rings is 1. The minimum absolute atomic E-state index is 0.0847. The van der Waals surface area contributed by atoms with Crippen LogP contribution in [0.15, 0.2) is 40.3 Å². The van der Waals surface area contributed by atoms with Crippen LogP contribution in [0.25, 0.3) is 0 Å². The molecule has 20 heavy (non-hydrogen) atoms. The third kappa shape index (κ3) is 3.98. The van der Waals surface area contributed by atoms with E-state index >= 15 is 0 Å². The van der Waals surface area contributed by atoms with Crippen molar-refractivity contribution in [2.75, 3.05) is 0 Å². The number of benzene rings is 1. The zero-order valence-corrected chi connectivity index (χ0v) is 13.6. The molecule has 2 nitrogen and oxygen atoms in total. The largest absolute Gasteiger partial charge is 0.328 e. The van der Waals surface area contributed by atoms with Crippen LogP contribution in [-0.4, -0.2) is 11.0 Å². The highest BCUT2D eigenvalue weighted by atomic mass is 35.5. The second kappa shape index (κ2) is 6.61. The van der Waals surface area contributed by atoms with Gasteiger partial charge in [-0.1, -0.05) is 29.4 Å². The lowest BCUT2D eigenvalue weighted by molar-refractivity contribution is 0.729. The van der Waals surface area contributed by atoms with Crippen molar-refractivity contribution in [1.29, 1.82) is 0 Å². The van der Waals surface area contributed by atoms with Crippen LogP contribution in [0.5, 0.6) is 0 Å². The standard InChI is InChI=1S/C16H19ClN2S/c1-10-7-12(3)19-16(8-10)20-15-6-4-5-14(17)13(15)9-11(2)18/h4-8,11H,9,18H2,1-3H3. The van der Waals surface area contributed by atoms with Crippen molar-refractivity contribution in [1.82, 2.24) is 4.98 Å². The Hall–Kier alpha value is -1.03. The molecule has 0 saturated heterocycles. The van der Waals surface area contributed by atoms with E-state index in [1.807, 2.05) is 26.0 Å². The van der Waals surface area contributed by atoms with Crippen LogP contribution >= 0.6 is 23.4 Å². The molecule has 1 unspecified atom stereocenters. The van der Waals surface area contributed by atoms with E-state index in [0.29, 0.717) is 0 Å². The Morgan fingerprint density at radius 1 is 1.30 bits per heavy atom. The van der Waals surface area contributed by atoms with E-state index in [1.165, 1.54) is 5.56 Å². The van der Waals surface area contributed by atoms with Gasteiger partial charge in [-0.25, -0.2) is 4.98 Å². The molecule has 0 aliphatic rings. The Morgan fingerprint density at radius 3 is 2.70 bits per heavy atom. The van der Waals surface area contributed by atoms with E-state index in [2.05, 4.69) is 30.1 Å². The van der Waals surface area contributed by atoms with Gasteiger partial charge in [0, 0.05) is 21.7 Å². The number of aryl methyl sites for hydroxylation is 2. The van der Waals surface area contributed by atoms with Crippen LogP contribution in [0.3, 0.4) is 0 Å². The van der Waals surface area contributed by atoms with E-state index in [4.69, 9.17) is 17.3 Å². The number of hydrogen-bond acceptors (Lipinski definition) is 3. The Kier molecular flexibility index (Phi) is 5.08. The summed E-state index contributed by atoms with van der Waals surface area (Å²) in [7, 11) is 0. The van der Waals surface area contributed by atoms with Crippen LogP contribution in [0.1, 0.15) is 23.7 Å². The highest BCUT2D eigenvalue weighted by molar-refractivity contribution is 7.99. The molecule has 0 bridgehead atoms. The molecule has 1 heterocycles. The predicted octanol–water partition coefficient (Wildman–Crippen LogP) is 4.39. The average Bonchev–Trinajstić information content (AvgIpc) is 2.32. The summed E-state index contributed by atoms with van der Waals surface area (Å²) in [4.78, 5) is 5.70. The first-order valence-corrected chi connectivity index (χ1v) is 7.81. The van der Waals surface area contributed by atoms with Gasteiger partial charge >= 0.3 is 0 Å². The van der Waals surface area contributed by atoms with E-state index in [-0.39, 0.29) is 6.04 Å². The number of aromatic nitrogens is 1. The van der Waals surface area contributed by atoms with E-state index < -0.39 is 0 Å². The first-order chi connectivity index (χ1) is 9.45. The van der Waals surface area contributed by atoms with Gasteiger partial charge in [-0.15, -0.1) is 0 Å². The van der Waals surface area contributed by atoms with E-state index in [0.717, 1.165) is 32.6 Å². The molecule has 2 aromatic rings. The Bertz CT molecular complexity index is 591. The number of nitrogens with two attached hydrogens (primary N) is 1. The van der Waals surface area contributed by atoms with E-state index in [9.17, 15) is 0 Å². The summed E-state index contributed by atoms with van der Waals surface area (Å²) in [5, 5.41) is 1.77. The van der Waals surface area contributed by atoms with Gasteiger partial charge in [0.25, 0.3) is 0 Å². The maximum absolute atomic E-state index is 6.31. The molecule has 0 spiro atoms. The van der Waals surface area contributed by atoms with Crippen molar-refractivity contribution < 1.29 is 0 Å². The predicted molar refractivity (Wildman–Crippen MR) is 86.6 cm³/mol. The molecule has 2 N–H and O–H groups in total. The summed E-state index contributed by atoms with van der Waals surface area (Å²) in [5.41, 5.74) is 9.28. The van der Waals surface area contributed by atoms with Crippen molar-refractivity contribution in [2.24, 2.45) is 5.73 Å². The number of hydrogen-bond donors (Lipinski definition) is 1. The number of nitrogens with zero attached hydrogens (tertiary/aromatic N) is 1. The zero-order valence-electron chi connectivity index (χ0n) is 12.0. The lowest BCUT2D eigenvalue weighted by Gasteiger charge is -2.13. The van der Waals surface area contributed by atoms with Crippen molar-refractivity contribution >= 4 is 23.4 Å². The fourth-order valence-electron chi connectivity index (χ4n) is 2.12. The summed E-state index contributed by atoms with van der Waals surface area (Å²) in [6, 6.07) is 10.2. The molecule has 0 saturated carbocycles. The first-order valence-electron chi connectivity index (χ1n) is 6.62. The third-order valence-corrected chi connectivity index (χ3v) is 4.27. The minimum Gasteiger partial charge on any atom is -0.328 e. The second-order valence-electron chi connectivity index (χ2n) is 5.12.